The third kappa shape index (κ3) is 2.70. The van der Waals surface area contributed by atoms with Crippen LogP contribution in [0.2, 0.25) is 0 Å². The monoisotopic (exact) mass is 299 g/mol. The predicted octanol–water partition coefficient (Wildman–Crippen LogP) is 0.778. The van der Waals surface area contributed by atoms with Gasteiger partial charge in [-0.05, 0) is 37.1 Å². The lowest BCUT2D eigenvalue weighted by molar-refractivity contribution is -0.146. The first-order valence-corrected chi connectivity index (χ1v) is 7.67. The summed E-state index contributed by atoms with van der Waals surface area (Å²) in [7, 11) is -3.82. The lowest BCUT2D eigenvalue weighted by atomic mass is 10.1. The SMILES string of the molecule is Cc1ccc(S(=O)(=O)N2CCOCC2C(=O)O)cc1C. The standard InChI is InChI=1S/C13H17NO5S/c1-9-3-4-11(7-10(9)2)20(17,18)14-5-6-19-8-12(14)13(15)16/h3-4,7,12H,5-6,8H2,1-2H3,(H,15,16). The van der Waals surface area contributed by atoms with E-state index in [1.165, 1.54) is 6.07 Å². The Hall–Kier alpha value is -1.44. The van der Waals surface area contributed by atoms with E-state index in [0.29, 0.717) is 0 Å². The van der Waals surface area contributed by atoms with Crippen LogP contribution in [0.5, 0.6) is 0 Å². The highest BCUT2D eigenvalue weighted by atomic mass is 32.2. The highest BCUT2D eigenvalue weighted by Crippen LogP contribution is 2.22. The highest BCUT2D eigenvalue weighted by Gasteiger charge is 2.38. The number of hydrogen-bond donors (Lipinski definition) is 1. The molecule has 6 nitrogen and oxygen atoms in total. The fourth-order valence-corrected chi connectivity index (χ4v) is 3.72. The minimum absolute atomic E-state index is 0.0478. The van der Waals surface area contributed by atoms with E-state index in [4.69, 9.17) is 9.84 Å². The molecule has 1 unspecified atom stereocenters. The Morgan fingerprint density at radius 1 is 1.35 bits per heavy atom. The Kier molecular flexibility index (Phi) is 4.12. The van der Waals surface area contributed by atoms with Crippen LogP contribution < -0.4 is 0 Å². The molecule has 0 spiro atoms. The van der Waals surface area contributed by atoms with Crippen LogP contribution in [-0.2, 0) is 19.6 Å². The second-order valence-corrected chi connectivity index (χ2v) is 6.68. The second kappa shape index (κ2) is 5.51. The average molecular weight is 299 g/mol. The van der Waals surface area contributed by atoms with Gasteiger partial charge in [-0.15, -0.1) is 0 Å². The Balaban J connectivity index is 2.42. The van der Waals surface area contributed by atoms with Crippen LogP contribution in [0.1, 0.15) is 11.1 Å². The van der Waals surface area contributed by atoms with Gasteiger partial charge in [0.25, 0.3) is 0 Å². The van der Waals surface area contributed by atoms with Gasteiger partial charge in [-0.2, -0.15) is 4.31 Å². The number of carboxylic acids is 1. The summed E-state index contributed by atoms with van der Waals surface area (Å²) < 4.78 is 31.2. The van der Waals surface area contributed by atoms with E-state index in [2.05, 4.69) is 0 Å². The van der Waals surface area contributed by atoms with Crippen molar-refractivity contribution >= 4 is 16.0 Å². The van der Waals surface area contributed by atoms with Crippen molar-refractivity contribution in [3.63, 3.8) is 0 Å². The first-order chi connectivity index (χ1) is 9.34. The van der Waals surface area contributed by atoms with Gasteiger partial charge in [0.2, 0.25) is 10.0 Å². The number of aryl methyl sites for hydroxylation is 2. The van der Waals surface area contributed by atoms with Gasteiger partial charge in [0.05, 0.1) is 18.1 Å². The van der Waals surface area contributed by atoms with Crippen molar-refractivity contribution < 1.29 is 23.1 Å². The number of sulfonamides is 1. The summed E-state index contributed by atoms with van der Waals surface area (Å²) in [6.07, 6.45) is 0. The van der Waals surface area contributed by atoms with Crippen LogP contribution in [0.15, 0.2) is 23.1 Å². The van der Waals surface area contributed by atoms with Crippen LogP contribution in [0.3, 0.4) is 0 Å². The molecule has 0 saturated carbocycles. The summed E-state index contributed by atoms with van der Waals surface area (Å²) in [5.41, 5.74) is 1.84. The molecule has 1 aliphatic heterocycles. The van der Waals surface area contributed by atoms with Crippen molar-refractivity contribution in [2.24, 2.45) is 0 Å². The van der Waals surface area contributed by atoms with Crippen LogP contribution >= 0.6 is 0 Å². The zero-order valence-corrected chi connectivity index (χ0v) is 12.2. The van der Waals surface area contributed by atoms with E-state index in [0.717, 1.165) is 15.4 Å². The van der Waals surface area contributed by atoms with Gasteiger partial charge in [0.15, 0.2) is 0 Å². The molecule has 0 amide bonds. The number of ether oxygens (including phenoxy) is 1. The predicted molar refractivity (Wildman–Crippen MR) is 72.1 cm³/mol. The third-order valence-electron chi connectivity index (χ3n) is 3.45. The normalized spacial score (nSPS) is 20.8. The molecule has 0 aliphatic carbocycles. The van der Waals surface area contributed by atoms with Crippen molar-refractivity contribution in [1.29, 1.82) is 0 Å². The number of carbonyl (C=O) groups is 1. The zero-order chi connectivity index (χ0) is 14.9. The number of nitrogens with zero attached hydrogens (tertiary/aromatic N) is 1. The van der Waals surface area contributed by atoms with E-state index < -0.39 is 22.0 Å². The molecular weight excluding hydrogens is 282 g/mol. The highest BCUT2D eigenvalue weighted by molar-refractivity contribution is 7.89. The van der Waals surface area contributed by atoms with Crippen LogP contribution in [0.25, 0.3) is 0 Å². The number of morpholine rings is 1. The van der Waals surface area contributed by atoms with Gasteiger partial charge in [-0.1, -0.05) is 6.07 Å². The van der Waals surface area contributed by atoms with Gasteiger partial charge in [0.1, 0.15) is 6.04 Å². The first kappa shape index (κ1) is 15.0. The summed E-state index contributed by atoms with van der Waals surface area (Å²) in [6, 6.07) is 3.62. The van der Waals surface area contributed by atoms with Gasteiger partial charge in [0, 0.05) is 6.54 Å². The maximum atomic E-state index is 12.6. The fourth-order valence-electron chi connectivity index (χ4n) is 2.08. The minimum Gasteiger partial charge on any atom is -0.480 e. The smallest absolute Gasteiger partial charge is 0.324 e. The number of aliphatic carboxylic acids is 1. The Labute approximate surface area is 118 Å². The summed E-state index contributed by atoms with van der Waals surface area (Å²) in [4.78, 5) is 11.3. The van der Waals surface area contributed by atoms with Crippen molar-refractivity contribution in [1.82, 2.24) is 4.31 Å². The molecule has 1 N–H and O–H groups in total. The number of benzene rings is 1. The van der Waals surface area contributed by atoms with E-state index in [1.807, 2.05) is 13.8 Å². The maximum absolute atomic E-state index is 12.6. The molecule has 0 aromatic heterocycles. The van der Waals surface area contributed by atoms with Crippen molar-refractivity contribution in [2.75, 3.05) is 19.8 Å². The number of hydrogen-bond acceptors (Lipinski definition) is 4. The quantitative estimate of drug-likeness (QED) is 0.891. The Bertz CT molecular complexity index is 626. The molecule has 1 aliphatic rings. The minimum atomic E-state index is -3.82. The van der Waals surface area contributed by atoms with Gasteiger partial charge in [-0.25, -0.2) is 8.42 Å². The molecule has 20 heavy (non-hydrogen) atoms. The molecule has 1 atom stereocenters. The Morgan fingerprint density at radius 3 is 2.65 bits per heavy atom. The van der Waals surface area contributed by atoms with E-state index in [1.54, 1.807) is 12.1 Å². The molecule has 1 heterocycles. The van der Waals surface area contributed by atoms with E-state index in [9.17, 15) is 13.2 Å². The number of rotatable bonds is 3. The topological polar surface area (TPSA) is 83.9 Å². The molecular formula is C13H17NO5S. The Morgan fingerprint density at radius 2 is 2.05 bits per heavy atom. The van der Waals surface area contributed by atoms with E-state index in [-0.39, 0.29) is 24.7 Å². The van der Waals surface area contributed by atoms with Crippen LogP contribution in [0, 0.1) is 13.8 Å². The molecule has 2 rings (SSSR count). The number of carboxylic acid groups (broad SMARTS) is 1. The van der Waals surface area contributed by atoms with Crippen molar-refractivity contribution in [3.05, 3.63) is 29.3 Å². The molecule has 1 fully saturated rings. The van der Waals surface area contributed by atoms with E-state index >= 15 is 0 Å². The lowest BCUT2D eigenvalue weighted by Gasteiger charge is -2.31. The van der Waals surface area contributed by atoms with Gasteiger partial charge < -0.3 is 9.84 Å². The molecule has 1 saturated heterocycles. The fraction of sp³-hybridized carbons (Fsp3) is 0.462. The molecule has 1 aromatic rings. The van der Waals surface area contributed by atoms with Crippen molar-refractivity contribution in [2.45, 2.75) is 24.8 Å². The zero-order valence-electron chi connectivity index (χ0n) is 11.4. The summed E-state index contributed by atoms with van der Waals surface area (Å²) in [6.45, 7) is 3.84. The molecule has 0 bridgehead atoms. The maximum Gasteiger partial charge on any atom is 0.324 e. The second-order valence-electron chi connectivity index (χ2n) is 4.79. The van der Waals surface area contributed by atoms with Crippen LogP contribution in [0.4, 0.5) is 0 Å². The molecule has 7 heteroatoms. The largest absolute Gasteiger partial charge is 0.480 e. The van der Waals surface area contributed by atoms with Gasteiger partial charge >= 0.3 is 5.97 Å². The summed E-state index contributed by atoms with van der Waals surface area (Å²) in [5, 5.41) is 9.13. The molecule has 0 radical (unpaired) electrons. The van der Waals surface area contributed by atoms with Crippen LogP contribution in [-0.4, -0.2) is 49.6 Å². The van der Waals surface area contributed by atoms with Gasteiger partial charge in [-0.3, -0.25) is 4.79 Å². The van der Waals surface area contributed by atoms with Crippen molar-refractivity contribution in [3.8, 4) is 0 Å². The summed E-state index contributed by atoms with van der Waals surface area (Å²) in [5.74, 6) is -1.20. The third-order valence-corrected chi connectivity index (χ3v) is 5.35. The lowest BCUT2D eigenvalue weighted by Crippen LogP contribution is -2.52. The summed E-state index contributed by atoms with van der Waals surface area (Å²) >= 11 is 0. The molecule has 1 aromatic carbocycles. The first-order valence-electron chi connectivity index (χ1n) is 6.23. The molecule has 110 valence electrons. The average Bonchev–Trinajstić information content (AvgIpc) is 2.41.